The average Bonchev–Trinajstić information content (AvgIpc) is 2.52. The van der Waals surface area contributed by atoms with Gasteiger partial charge in [0.25, 0.3) is 0 Å². The monoisotopic (exact) mass is 356 g/mol. The van der Waals surface area contributed by atoms with Gasteiger partial charge in [-0.15, -0.1) is 0 Å². The topological polar surface area (TPSA) is 132 Å². The van der Waals surface area contributed by atoms with E-state index in [0.29, 0.717) is 0 Å². The highest BCUT2D eigenvalue weighted by Crippen LogP contribution is 2.38. The van der Waals surface area contributed by atoms with E-state index in [2.05, 4.69) is 0 Å². The van der Waals surface area contributed by atoms with Crippen molar-refractivity contribution in [1.29, 1.82) is 0 Å². The van der Waals surface area contributed by atoms with E-state index in [-0.39, 0.29) is 40.0 Å². The van der Waals surface area contributed by atoms with E-state index < -0.39 is 35.3 Å². The van der Waals surface area contributed by atoms with E-state index in [1.807, 2.05) is 0 Å². The Bertz CT molecular complexity index is 957. The molecule has 0 bridgehead atoms. The molecule has 0 aromatic heterocycles. The SMILES string of the molecule is CC(O)(CC(=O)O)Cc1ccc2c(c1O)C(=O)c1cccc(O)c1C2=O. The predicted octanol–water partition coefficient (Wildman–Crippen LogP) is 1.64. The summed E-state index contributed by atoms with van der Waals surface area (Å²) in [6.07, 6.45) is -0.764. The summed E-state index contributed by atoms with van der Waals surface area (Å²) >= 11 is 0. The number of aliphatic hydroxyl groups is 1. The van der Waals surface area contributed by atoms with E-state index in [4.69, 9.17) is 5.11 Å². The first kappa shape index (κ1) is 17.6. The van der Waals surface area contributed by atoms with Crippen molar-refractivity contribution >= 4 is 17.5 Å². The maximum atomic E-state index is 12.7. The molecule has 134 valence electrons. The number of carbonyl (C=O) groups excluding carboxylic acids is 2. The normalized spacial score (nSPS) is 15.2. The van der Waals surface area contributed by atoms with Gasteiger partial charge in [-0.1, -0.05) is 18.2 Å². The smallest absolute Gasteiger partial charge is 0.306 e. The molecule has 4 N–H and O–H groups in total. The van der Waals surface area contributed by atoms with Gasteiger partial charge in [0.2, 0.25) is 0 Å². The van der Waals surface area contributed by atoms with E-state index in [0.717, 1.165) is 0 Å². The third-order valence-electron chi connectivity index (χ3n) is 4.35. The van der Waals surface area contributed by atoms with Crippen LogP contribution in [0, 0.1) is 0 Å². The average molecular weight is 356 g/mol. The lowest BCUT2D eigenvalue weighted by molar-refractivity contribution is -0.141. The zero-order valence-corrected chi connectivity index (χ0v) is 13.8. The fourth-order valence-corrected chi connectivity index (χ4v) is 3.23. The summed E-state index contributed by atoms with van der Waals surface area (Å²) in [6, 6.07) is 6.79. The van der Waals surface area contributed by atoms with Crippen LogP contribution in [0.15, 0.2) is 30.3 Å². The van der Waals surface area contributed by atoms with Crippen LogP contribution >= 0.6 is 0 Å². The van der Waals surface area contributed by atoms with Gasteiger partial charge < -0.3 is 20.4 Å². The second-order valence-corrected chi connectivity index (χ2v) is 6.60. The number of fused-ring (bicyclic) bond motifs is 2. The lowest BCUT2D eigenvalue weighted by Crippen LogP contribution is -2.31. The number of hydrogen-bond acceptors (Lipinski definition) is 6. The van der Waals surface area contributed by atoms with Crippen molar-refractivity contribution in [1.82, 2.24) is 0 Å². The Kier molecular flexibility index (Phi) is 4.04. The number of aliphatic carboxylic acids is 1. The molecule has 0 saturated heterocycles. The molecule has 3 rings (SSSR count). The van der Waals surface area contributed by atoms with Gasteiger partial charge in [0.1, 0.15) is 11.5 Å². The minimum absolute atomic E-state index is 0.0211. The Balaban J connectivity index is 2.10. The second-order valence-electron chi connectivity index (χ2n) is 6.60. The van der Waals surface area contributed by atoms with Crippen LogP contribution in [-0.2, 0) is 11.2 Å². The van der Waals surface area contributed by atoms with Crippen molar-refractivity contribution in [2.75, 3.05) is 0 Å². The molecular formula is C19H16O7. The van der Waals surface area contributed by atoms with Gasteiger partial charge in [0.15, 0.2) is 11.6 Å². The summed E-state index contributed by atoms with van der Waals surface area (Å²) < 4.78 is 0. The Morgan fingerprint density at radius 1 is 1.00 bits per heavy atom. The van der Waals surface area contributed by atoms with Gasteiger partial charge in [-0.2, -0.15) is 0 Å². The minimum atomic E-state index is -1.64. The fraction of sp³-hybridized carbons (Fsp3) is 0.211. The standard InChI is InChI=1S/C19H16O7/c1-19(26,8-13(21)22)7-9-5-6-11-15(16(9)23)18(25)10-3-2-4-12(20)14(10)17(11)24/h2-6,20,23,26H,7-8H2,1H3,(H,21,22). The third-order valence-corrected chi connectivity index (χ3v) is 4.35. The number of rotatable bonds is 4. The second kappa shape index (κ2) is 5.96. The lowest BCUT2D eigenvalue weighted by atomic mass is 9.81. The van der Waals surface area contributed by atoms with Crippen LogP contribution in [0.25, 0.3) is 0 Å². The molecule has 0 fully saturated rings. The largest absolute Gasteiger partial charge is 0.507 e. The molecule has 0 amide bonds. The van der Waals surface area contributed by atoms with Crippen LogP contribution in [0.3, 0.4) is 0 Å². The summed E-state index contributed by atoms with van der Waals surface area (Å²) in [7, 11) is 0. The summed E-state index contributed by atoms with van der Waals surface area (Å²) in [4.78, 5) is 36.2. The van der Waals surface area contributed by atoms with Gasteiger partial charge in [-0.3, -0.25) is 14.4 Å². The Labute approximate surface area is 148 Å². The van der Waals surface area contributed by atoms with Crippen molar-refractivity contribution in [3.8, 4) is 11.5 Å². The highest BCUT2D eigenvalue weighted by Gasteiger charge is 2.36. The number of phenols is 2. The first-order chi connectivity index (χ1) is 12.1. The van der Waals surface area contributed by atoms with E-state index in [1.54, 1.807) is 0 Å². The van der Waals surface area contributed by atoms with Gasteiger partial charge in [0.05, 0.1) is 23.1 Å². The van der Waals surface area contributed by atoms with E-state index in [9.17, 15) is 29.7 Å². The molecule has 1 aliphatic rings. The Morgan fingerprint density at radius 2 is 1.62 bits per heavy atom. The van der Waals surface area contributed by atoms with Crippen molar-refractivity contribution < 1.29 is 34.8 Å². The fourth-order valence-electron chi connectivity index (χ4n) is 3.23. The summed E-state index contributed by atoms with van der Waals surface area (Å²) in [5, 5.41) is 39.5. The maximum absolute atomic E-state index is 12.7. The van der Waals surface area contributed by atoms with E-state index in [1.165, 1.54) is 37.3 Å². The molecule has 0 radical (unpaired) electrons. The summed E-state index contributed by atoms with van der Waals surface area (Å²) in [5.41, 5.74) is -1.89. The number of ketones is 2. The number of carboxylic acid groups (broad SMARTS) is 1. The Hall–Kier alpha value is -3.19. The number of hydrogen-bond donors (Lipinski definition) is 4. The quantitative estimate of drug-likeness (QED) is 0.558. The molecule has 2 aromatic carbocycles. The van der Waals surface area contributed by atoms with Crippen LogP contribution in [0.2, 0.25) is 0 Å². The molecule has 0 spiro atoms. The molecule has 0 saturated carbocycles. The third kappa shape index (κ3) is 2.82. The van der Waals surface area contributed by atoms with Gasteiger partial charge in [-0.25, -0.2) is 0 Å². The predicted molar refractivity (Wildman–Crippen MR) is 89.7 cm³/mol. The van der Waals surface area contributed by atoms with Crippen molar-refractivity contribution in [2.45, 2.75) is 25.4 Å². The van der Waals surface area contributed by atoms with Crippen LogP contribution in [-0.4, -0.2) is 43.6 Å². The molecule has 7 heteroatoms. The summed E-state index contributed by atoms with van der Waals surface area (Å²) in [5.74, 6) is -3.21. The van der Waals surface area contributed by atoms with Crippen molar-refractivity contribution in [3.63, 3.8) is 0 Å². The molecule has 7 nitrogen and oxygen atoms in total. The molecule has 26 heavy (non-hydrogen) atoms. The highest BCUT2D eigenvalue weighted by atomic mass is 16.4. The molecule has 2 aromatic rings. The first-order valence-electron chi connectivity index (χ1n) is 7.83. The van der Waals surface area contributed by atoms with Crippen LogP contribution in [0.5, 0.6) is 11.5 Å². The molecule has 0 aliphatic heterocycles. The number of phenolic OH excluding ortho intramolecular Hbond substituents is 2. The Morgan fingerprint density at radius 3 is 2.27 bits per heavy atom. The zero-order chi connectivity index (χ0) is 19.2. The van der Waals surface area contributed by atoms with Crippen molar-refractivity contribution in [3.05, 3.63) is 58.1 Å². The molecule has 1 atom stereocenters. The van der Waals surface area contributed by atoms with Crippen molar-refractivity contribution in [2.24, 2.45) is 0 Å². The zero-order valence-electron chi connectivity index (χ0n) is 13.8. The molecule has 1 unspecified atom stereocenters. The summed E-state index contributed by atoms with van der Waals surface area (Å²) in [6.45, 7) is 1.31. The van der Waals surface area contributed by atoms with Crippen LogP contribution < -0.4 is 0 Å². The van der Waals surface area contributed by atoms with E-state index >= 15 is 0 Å². The highest BCUT2D eigenvalue weighted by molar-refractivity contribution is 6.30. The number of carbonyl (C=O) groups is 3. The maximum Gasteiger partial charge on any atom is 0.306 e. The van der Waals surface area contributed by atoms with Gasteiger partial charge in [0, 0.05) is 17.5 Å². The lowest BCUT2D eigenvalue weighted by Gasteiger charge is -2.24. The number of aromatic hydroxyl groups is 2. The molecule has 0 heterocycles. The van der Waals surface area contributed by atoms with Crippen LogP contribution in [0.1, 0.15) is 50.8 Å². The number of benzene rings is 2. The number of carboxylic acids is 1. The molecule has 1 aliphatic carbocycles. The van der Waals surface area contributed by atoms with Gasteiger partial charge >= 0.3 is 5.97 Å². The minimum Gasteiger partial charge on any atom is -0.507 e. The van der Waals surface area contributed by atoms with Crippen LogP contribution in [0.4, 0.5) is 0 Å². The first-order valence-corrected chi connectivity index (χ1v) is 7.83. The molecular weight excluding hydrogens is 340 g/mol. The van der Waals surface area contributed by atoms with Gasteiger partial charge in [-0.05, 0) is 24.6 Å².